The van der Waals surface area contributed by atoms with Crippen molar-refractivity contribution in [3.8, 4) is 5.69 Å². The van der Waals surface area contributed by atoms with E-state index in [2.05, 4.69) is 66.1 Å². The van der Waals surface area contributed by atoms with Crippen molar-refractivity contribution in [2.24, 2.45) is 0 Å². The van der Waals surface area contributed by atoms with E-state index >= 15 is 0 Å². The largest absolute Gasteiger partial charge is 0.340 e. The molecule has 4 aromatic carbocycles. The maximum absolute atomic E-state index is 13.7. The Morgan fingerprint density at radius 2 is 1.41 bits per heavy atom. The number of rotatable bonds is 5. The molecule has 180 valence electrons. The third-order valence-corrected chi connectivity index (χ3v) is 7.02. The molecular weight excluding hydrogens is 454 g/mol. The Kier molecular flexibility index (Phi) is 5.78. The monoisotopic (exact) mass is 481 g/mol. The standard InChI is InChI=1S/C33H27N3O/c1-23-12-6-10-18-30(23)36-32(34-29-17-9-7-16-28(29)33(36)37)21-20-26-24(2)35(22-25-13-4-3-5-14-25)31-19-11-8-15-27(26)31/h3-21H,22H2,1-2H3. The Hall–Kier alpha value is -4.70. The minimum atomic E-state index is -0.0669. The van der Waals surface area contributed by atoms with Gasteiger partial charge in [-0.2, -0.15) is 0 Å². The van der Waals surface area contributed by atoms with Gasteiger partial charge in [0.2, 0.25) is 0 Å². The van der Waals surface area contributed by atoms with Gasteiger partial charge in [0.1, 0.15) is 5.82 Å². The van der Waals surface area contributed by atoms with E-state index in [1.807, 2.05) is 67.6 Å². The normalized spacial score (nSPS) is 11.6. The highest BCUT2D eigenvalue weighted by Gasteiger charge is 2.15. The van der Waals surface area contributed by atoms with Crippen LogP contribution in [0.2, 0.25) is 0 Å². The summed E-state index contributed by atoms with van der Waals surface area (Å²) < 4.78 is 4.08. The maximum atomic E-state index is 13.7. The number of aromatic nitrogens is 3. The average molecular weight is 482 g/mol. The topological polar surface area (TPSA) is 39.8 Å². The summed E-state index contributed by atoms with van der Waals surface area (Å²) in [6.07, 6.45) is 4.08. The van der Waals surface area contributed by atoms with Crippen LogP contribution in [0.4, 0.5) is 0 Å². The highest BCUT2D eigenvalue weighted by Crippen LogP contribution is 2.29. The SMILES string of the molecule is Cc1ccccc1-n1c(C=Cc2c(C)n(Cc3ccccc3)c3ccccc23)nc2ccccc2c1=O. The Morgan fingerprint density at radius 1 is 0.730 bits per heavy atom. The van der Waals surface area contributed by atoms with Gasteiger partial charge in [-0.05, 0) is 61.4 Å². The molecule has 2 heterocycles. The minimum absolute atomic E-state index is 0.0669. The van der Waals surface area contributed by atoms with E-state index in [4.69, 9.17) is 4.98 Å². The van der Waals surface area contributed by atoms with Crippen LogP contribution < -0.4 is 5.56 Å². The van der Waals surface area contributed by atoms with Crippen molar-refractivity contribution >= 4 is 34.0 Å². The van der Waals surface area contributed by atoms with Crippen LogP contribution in [0, 0.1) is 13.8 Å². The molecule has 0 saturated carbocycles. The summed E-state index contributed by atoms with van der Waals surface area (Å²) in [5, 5.41) is 1.79. The summed E-state index contributed by atoms with van der Waals surface area (Å²) in [5.41, 5.74) is 7.23. The molecule has 0 amide bonds. The first-order valence-electron chi connectivity index (χ1n) is 12.5. The van der Waals surface area contributed by atoms with Crippen LogP contribution in [0.1, 0.15) is 28.2 Å². The third-order valence-electron chi connectivity index (χ3n) is 7.02. The minimum Gasteiger partial charge on any atom is -0.340 e. The lowest BCUT2D eigenvalue weighted by Crippen LogP contribution is -2.23. The third kappa shape index (κ3) is 4.07. The molecule has 37 heavy (non-hydrogen) atoms. The molecule has 4 nitrogen and oxygen atoms in total. The van der Waals surface area contributed by atoms with Crippen LogP contribution in [0.5, 0.6) is 0 Å². The van der Waals surface area contributed by atoms with E-state index in [0.717, 1.165) is 23.4 Å². The van der Waals surface area contributed by atoms with Crippen LogP contribution >= 0.6 is 0 Å². The van der Waals surface area contributed by atoms with Gasteiger partial charge in [-0.3, -0.25) is 9.36 Å². The Morgan fingerprint density at radius 3 is 2.22 bits per heavy atom. The zero-order valence-electron chi connectivity index (χ0n) is 20.9. The lowest BCUT2D eigenvalue weighted by Gasteiger charge is -2.13. The van der Waals surface area contributed by atoms with Crippen LogP contribution in [-0.2, 0) is 6.54 Å². The van der Waals surface area contributed by atoms with E-state index in [0.29, 0.717) is 16.7 Å². The van der Waals surface area contributed by atoms with Crippen molar-refractivity contribution < 1.29 is 0 Å². The van der Waals surface area contributed by atoms with Crippen molar-refractivity contribution in [1.29, 1.82) is 0 Å². The lowest BCUT2D eigenvalue weighted by molar-refractivity contribution is 0.804. The fraction of sp³-hybridized carbons (Fsp3) is 0.0909. The van der Waals surface area contributed by atoms with E-state index < -0.39 is 0 Å². The van der Waals surface area contributed by atoms with Crippen molar-refractivity contribution in [2.75, 3.05) is 0 Å². The molecule has 0 aliphatic rings. The molecule has 0 atom stereocenters. The van der Waals surface area contributed by atoms with Crippen LogP contribution in [-0.4, -0.2) is 14.1 Å². The van der Waals surface area contributed by atoms with E-state index in [-0.39, 0.29) is 5.56 Å². The van der Waals surface area contributed by atoms with Crippen molar-refractivity contribution in [2.45, 2.75) is 20.4 Å². The van der Waals surface area contributed by atoms with Gasteiger partial charge in [-0.1, -0.05) is 78.9 Å². The quantitative estimate of drug-likeness (QED) is 0.262. The maximum Gasteiger partial charge on any atom is 0.266 e. The number of aryl methyl sites for hydroxylation is 1. The number of fused-ring (bicyclic) bond motifs is 2. The average Bonchev–Trinajstić information content (AvgIpc) is 3.19. The summed E-state index contributed by atoms with van der Waals surface area (Å²) in [6, 6.07) is 34.5. The molecule has 0 radical (unpaired) electrons. The highest BCUT2D eigenvalue weighted by atomic mass is 16.1. The molecule has 0 saturated heterocycles. The molecule has 6 rings (SSSR count). The van der Waals surface area contributed by atoms with Crippen LogP contribution in [0.15, 0.2) is 108 Å². The molecule has 0 aliphatic heterocycles. The van der Waals surface area contributed by atoms with Gasteiger partial charge < -0.3 is 4.57 Å². The van der Waals surface area contributed by atoms with Crippen LogP contribution in [0.3, 0.4) is 0 Å². The summed E-state index contributed by atoms with van der Waals surface area (Å²) in [6.45, 7) is 4.97. The Bertz CT molecular complexity index is 1840. The second kappa shape index (κ2) is 9.40. The predicted molar refractivity (Wildman–Crippen MR) is 153 cm³/mol. The second-order valence-corrected chi connectivity index (χ2v) is 9.34. The van der Waals surface area contributed by atoms with Gasteiger partial charge >= 0.3 is 0 Å². The molecule has 4 heteroatoms. The number of benzene rings is 4. The summed E-state index contributed by atoms with van der Waals surface area (Å²) >= 11 is 0. The molecule has 6 aromatic rings. The van der Waals surface area contributed by atoms with E-state index in [9.17, 15) is 4.79 Å². The summed E-state index contributed by atoms with van der Waals surface area (Å²) in [5.74, 6) is 0.609. The molecule has 0 aliphatic carbocycles. The van der Waals surface area contributed by atoms with Gasteiger partial charge in [0.05, 0.1) is 16.6 Å². The van der Waals surface area contributed by atoms with Crippen LogP contribution in [0.25, 0.3) is 39.6 Å². The lowest BCUT2D eigenvalue weighted by atomic mass is 10.1. The number of hydrogen-bond acceptors (Lipinski definition) is 2. The molecule has 0 N–H and O–H groups in total. The molecule has 2 aromatic heterocycles. The van der Waals surface area contributed by atoms with Gasteiger partial charge in [0.25, 0.3) is 5.56 Å². The molecule has 0 fully saturated rings. The van der Waals surface area contributed by atoms with Crippen molar-refractivity contribution in [3.05, 3.63) is 142 Å². The summed E-state index contributed by atoms with van der Waals surface area (Å²) in [7, 11) is 0. The fourth-order valence-corrected chi connectivity index (χ4v) is 5.10. The zero-order valence-corrected chi connectivity index (χ0v) is 20.9. The van der Waals surface area contributed by atoms with Crippen molar-refractivity contribution in [1.82, 2.24) is 14.1 Å². The van der Waals surface area contributed by atoms with Crippen molar-refractivity contribution in [3.63, 3.8) is 0 Å². The zero-order chi connectivity index (χ0) is 25.4. The first-order chi connectivity index (χ1) is 18.1. The van der Waals surface area contributed by atoms with Gasteiger partial charge in [0.15, 0.2) is 0 Å². The molecule has 0 bridgehead atoms. The van der Waals surface area contributed by atoms with E-state index in [1.165, 1.54) is 22.2 Å². The number of hydrogen-bond donors (Lipinski definition) is 0. The fourth-order valence-electron chi connectivity index (χ4n) is 5.10. The Balaban J connectivity index is 1.54. The second-order valence-electron chi connectivity index (χ2n) is 9.34. The van der Waals surface area contributed by atoms with Gasteiger partial charge in [0, 0.05) is 28.7 Å². The highest BCUT2D eigenvalue weighted by molar-refractivity contribution is 5.94. The Labute approximate surface area is 215 Å². The first kappa shape index (κ1) is 22.7. The van der Waals surface area contributed by atoms with E-state index in [1.54, 1.807) is 4.57 Å². The molecule has 0 unspecified atom stereocenters. The summed E-state index contributed by atoms with van der Waals surface area (Å²) in [4.78, 5) is 18.6. The smallest absolute Gasteiger partial charge is 0.266 e. The number of nitrogens with zero attached hydrogens (tertiary/aromatic N) is 3. The molecule has 0 spiro atoms. The molecular formula is C33H27N3O. The first-order valence-corrected chi connectivity index (χ1v) is 12.5. The number of para-hydroxylation sites is 3. The van der Waals surface area contributed by atoms with Gasteiger partial charge in [-0.15, -0.1) is 0 Å². The van der Waals surface area contributed by atoms with Gasteiger partial charge in [-0.25, -0.2) is 4.98 Å². The predicted octanol–water partition coefficient (Wildman–Crippen LogP) is 7.18.